The minimum atomic E-state index is 0.408. The third-order valence-corrected chi connectivity index (χ3v) is 3.11. The van der Waals surface area contributed by atoms with Gasteiger partial charge in [-0.1, -0.05) is 6.92 Å². The average Bonchev–Trinajstić information content (AvgIpc) is 2.61. The van der Waals surface area contributed by atoms with Crippen molar-refractivity contribution < 1.29 is 4.74 Å². The molecule has 0 aliphatic carbocycles. The quantitative estimate of drug-likeness (QED) is 0.712. The Bertz CT molecular complexity index is 271. The van der Waals surface area contributed by atoms with Crippen LogP contribution in [0, 0.1) is 0 Å². The smallest absolute Gasteiger partial charge is 0.0625 e. The largest absolute Gasteiger partial charge is 0.383 e. The number of likely N-dealkylation sites (N-methyl/N-ethyl adjacent to an activating group) is 1. The van der Waals surface area contributed by atoms with Gasteiger partial charge < -0.3 is 10.1 Å². The van der Waals surface area contributed by atoms with E-state index in [1.165, 1.54) is 4.90 Å². The van der Waals surface area contributed by atoms with E-state index >= 15 is 0 Å². The van der Waals surface area contributed by atoms with E-state index in [0.29, 0.717) is 6.04 Å². The van der Waals surface area contributed by atoms with Crippen molar-refractivity contribution in [3.05, 3.63) is 12.4 Å². The summed E-state index contributed by atoms with van der Waals surface area (Å²) in [6, 6.07) is 0.408. The standard InChI is InChI=1S/C10H19N3OS/c1-4-11-9(7-14-3)8-15-10-5-12-13(2)6-10/h5-6,9,11H,4,7-8H2,1-3H3. The fourth-order valence-corrected chi connectivity index (χ4v) is 2.28. The van der Waals surface area contributed by atoms with Crippen LogP contribution < -0.4 is 5.32 Å². The molecule has 0 bridgehead atoms. The third-order valence-electron chi connectivity index (χ3n) is 1.99. The number of nitrogens with zero attached hydrogens (tertiary/aromatic N) is 2. The molecule has 0 saturated carbocycles. The van der Waals surface area contributed by atoms with Crippen LogP contribution in [0.4, 0.5) is 0 Å². The molecule has 0 aromatic carbocycles. The summed E-state index contributed by atoms with van der Waals surface area (Å²) in [6.07, 6.45) is 3.92. The van der Waals surface area contributed by atoms with Gasteiger partial charge in [0.1, 0.15) is 0 Å². The summed E-state index contributed by atoms with van der Waals surface area (Å²) in [5.74, 6) is 1.01. The van der Waals surface area contributed by atoms with Crippen LogP contribution in [0.5, 0.6) is 0 Å². The van der Waals surface area contributed by atoms with Crippen molar-refractivity contribution in [2.45, 2.75) is 17.9 Å². The molecule has 4 nitrogen and oxygen atoms in total. The zero-order chi connectivity index (χ0) is 11.1. The molecular formula is C10H19N3OS. The zero-order valence-corrected chi connectivity index (χ0v) is 10.4. The van der Waals surface area contributed by atoms with Crippen molar-refractivity contribution in [1.29, 1.82) is 0 Å². The maximum atomic E-state index is 5.15. The number of hydrogen-bond donors (Lipinski definition) is 1. The monoisotopic (exact) mass is 229 g/mol. The van der Waals surface area contributed by atoms with Crippen LogP contribution in [-0.2, 0) is 11.8 Å². The summed E-state index contributed by atoms with van der Waals surface area (Å²) in [4.78, 5) is 1.21. The Morgan fingerprint density at radius 2 is 2.47 bits per heavy atom. The Kier molecular flexibility index (Phi) is 5.75. The van der Waals surface area contributed by atoms with Crippen molar-refractivity contribution in [3.63, 3.8) is 0 Å². The maximum absolute atomic E-state index is 5.15. The van der Waals surface area contributed by atoms with Crippen LogP contribution in [0.1, 0.15) is 6.92 Å². The first-order chi connectivity index (χ1) is 7.26. The van der Waals surface area contributed by atoms with E-state index in [-0.39, 0.29) is 0 Å². The molecule has 5 heteroatoms. The number of nitrogens with one attached hydrogen (secondary N) is 1. The lowest BCUT2D eigenvalue weighted by Gasteiger charge is -2.15. The highest BCUT2D eigenvalue weighted by Gasteiger charge is 2.07. The topological polar surface area (TPSA) is 39.1 Å². The molecule has 0 fully saturated rings. The number of aryl methyl sites for hydroxylation is 1. The van der Waals surface area contributed by atoms with E-state index in [0.717, 1.165) is 18.9 Å². The normalized spacial score (nSPS) is 13.0. The summed E-state index contributed by atoms with van der Waals surface area (Å²) in [5, 5.41) is 7.52. The first kappa shape index (κ1) is 12.5. The molecule has 0 spiro atoms. The van der Waals surface area contributed by atoms with Gasteiger partial charge in [-0.3, -0.25) is 4.68 Å². The second-order valence-corrected chi connectivity index (χ2v) is 4.46. The summed E-state index contributed by atoms with van der Waals surface area (Å²) in [5.41, 5.74) is 0. The van der Waals surface area contributed by atoms with Crippen LogP contribution in [0.15, 0.2) is 17.3 Å². The molecule has 1 aromatic heterocycles. The average molecular weight is 229 g/mol. The summed E-state index contributed by atoms with van der Waals surface area (Å²) in [6.45, 7) is 3.83. The lowest BCUT2D eigenvalue weighted by atomic mass is 10.3. The van der Waals surface area contributed by atoms with Gasteiger partial charge in [0.15, 0.2) is 0 Å². The Balaban J connectivity index is 2.32. The van der Waals surface area contributed by atoms with E-state index < -0.39 is 0 Å². The minimum absolute atomic E-state index is 0.408. The molecule has 0 amide bonds. The van der Waals surface area contributed by atoms with Crippen molar-refractivity contribution >= 4 is 11.8 Å². The van der Waals surface area contributed by atoms with E-state index in [9.17, 15) is 0 Å². The second kappa shape index (κ2) is 6.87. The van der Waals surface area contributed by atoms with Gasteiger partial charge in [0.05, 0.1) is 12.8 Å². The van der Waals surface area contributed by atoms with Gasteiger partial charge in [0.2, 0.25) is 0 Å². The first-order valence-electron chi connectivity index (χ1n) is 5.10. The van der Waals surface area contributed by atoms with Gasteiger partial charge in [-0.15, -0.1) is 11.8 Å². The highest BCUT2D eigenvalue weighted by atomic mass is 32.2. The maximum Gasteiger partial charge on any atom is 0.0625 e. The van der Waals surface area contributed by atoms with Crippen molar-refractivity contribution in [2.24, 2.45) is 7.05 Å². The summed E-state index contributed by atoms with van der Waals surface area (Å²) >= 11 is 1.80. The highest BCUT2D eigenvalue weighted by Crippen LogP contribution is 2.17. The molecule has 1 rings (SSSR count). The molecule has 1 atom stereocenters. The van der Waals surface area contributed by atoms with Crippen molar-refractivity contribution in [2.75, 3.05) is 26.0 Å². The van der Waals surface area contributed by atoms with Crippen LogP contribution in [-0.4, -0.2) is 41.8 Å². The van der Waals surface area contributed by atoms with E-state index in [1.807, 2.05) is 24.1 Å². The summed E-state index contributed by atoms with van der Waals surface area (Å²) < 4.78 is 6.97. The lowest BCUT2D eigenvalue weighted by Crippen LogP contribution is -2.35. The Hall–Kier alpha value is -0.520. The zero-order valence-electron chi connectivity index (χ0n) is 9.56. The third kappa shape index (κ3) is 4.68. The number of ether oxygens (including phenoxy) is 1. The van der Waals surface area contributed by atoms with Crippen LogP contribution in [0.25, 0.3) is 0 Å². The molecular weight excluding hydrogens is 210 g/mol. The van der Waals surface area contributed by atoms with Gasteiger partial charge in [-0.2, -0.15) is 5.10 Å². The highest BCUT2D eigenvalue weighted by molar-refractivity contribution is 7.99. The minimum Gasteiger partial charge on any atom is -0.383 e. The van der Waals surface area contributed by atoms with Gasteiger partial charge in [0.25, 0.3) is 0 Å². The SMILES string of the molecule is CCNC(COC)CSc1cnn(C)c1. The molecule has 1 heterocycles. The summed E-state index contributed by atoms with van der Waals surface area (Å²) in [7, 11) is 3.67. The number of thioether (sulfide) groups is 1. The van der Waals surface area contributed by atoms with Crippen LogP contribution in [0.3, 0.4) is 0 Å². The molecule has 1 N–H and O–H groups in total. The second-order valence-electron chi connectivity index (χ2n) is 3.37. The van der Waals surface area contributed by atoms with E-state index in [2.05, 4.69) is 17.3 Å². The molecule has 0 aliphatic rings. The molecule has 0 saturated heterocycles. The Morgan fingerprint density at radius 3 is 3.00 bits per heavy atom. The Morgan fingerprint density at radius 1 is 1.67 bits per heavy atom. The fraction of sp³-hybridized carbons (Fsp3) is 0.700. The van der Waals surface area contributed by atoms with Gasteiger partial charge in [-0.05, 0) is 6.54 Å². The fourth-order valence-electron chi connectivity index (χ4n) is 1.33. The van der Waals surface area contributed by atoms with Gasteiger partial charge in [-0.25, -0.2) is 0 Å². The number of rotatable bonds is 7. The molecule has 86 valence electrons. The van der Waals surface area contributed by atoms with Crippen molar-refractivity contribution in [3.8, 4) is 0 Å². The number of methoxy groups -OCH3 is 1. The lowest BCUT2D eigenvalue weighted by molar-refractivity contribution is 0.174. The number of hydrogen-bond acceptors (Lipinski definition) is 4. The molecule has 0 aliphatic heterocycles. The van der Waals surface area contributed by atoms with E-state index in [1.54, 1.807) is 18.9 Å². The molecule has 1 aromatic rings. The van der Waals surface area contributed by atoms with Gasteiger partial charge in [0, 0.05) is 37.0 Å². The predicted octanol–water partition coefficient (Wildman–Crippen LogP) is 1.14. The molecule has 15 heavy (non-hydrogen) atoms. The Labute approximate surface area is 95.4 Å². The van der Waals surface area contributed by atoms with Crippen molar-refractivity contribution in [1.82, 2.24) is 15.1 Å². The van der Waals surface area contributed by atoms with Gasteiger partial charge >= 0.3 is 0 Å². The number of aromatic nitrogens is 2. The van der Waals surface area contributed by atoms with Crippen LogP contribution >= 0.6 is 11.8 Å². The first-order valence-corrected chi connectivity index (χ1v) is 6.08. The van der Waals surface area contributed by atoms with Crippen LogP contribution in [0.2, 0.25) is 0 Å². The predicted molar refractivity (Wildman–Crippen MR) is 63.3 cm³/mol. The molecule has 1 unspecified atom stereocenters. The molecule has 0 radical (unpaired) electrons. The van der Waals surface area contributed by atoms with E-state index in [4.69, 9.17) is 4.74 Å².